The van der Waals surface area contributed by atoms with E-state index in [2.05, 4.69) is 24.2 Å². The third-order valence-electron chi connectivity index (χ3n) is 6.47. The van der Waals surface area contributed by atoms with Gasteiger partial charge in [-0.1, -0.05) is 36.6 Å². The molecular formula is C24H22ClN7O2S. The van der Waals surface area contributed by atoms with Crippen molar-refractivity contribution in [2.24, 2.45) is 0 Å². The first kappa shape index (κ1) is 21.9. The van der Waals surface area contributed by atoms with Gasteiger partial charge in [-0.15, -0.1) is 0 Å². The molecule has 0 amide bonds. The van der Waals surface area contributed by atoms with E-state index >= 15 is 0 Å². The molecule has 0 radical (unpaired) electrons. The first-order valence-corrected chi connectivity index (χ1v) is 13.2. The van der Waals surface area contributed by atoms with Crippen LogP contribution in [0.2, 0.25) is 5.02 Å². The quantitative estimate of drug-likeness (QED) is 0.302. The number of anilines is 2. The number of rotatable bonds is 5. The maximum absolute atomic E-state index is 12.8. The van der Waals surface area contributed by atoms with Gasteiger partial charge < -0.3 is 15.3 Å². The van der Waals surface area contributed by atoms with Gasteiger partial charge in [0.2, 0.25) is 0 Å². The monoisotopic (exact) mass is 507 g/mol. The Morgan fingerprint density at radius 3 is 2.71 bits per heavy atom. The first-order valence-electron chi connectivity index (χ1n) is 11.3. The van der Waals surface area contributed by atoms with Crippen molar-refractivity contribution in [1.29, 1.82) is 0 Å². The Labute approximate surface area is 206 Å². The van der Waals surface area contributed by atoms with Gasteiger partial charge in [-0.3, -0.25) is 4.72 Å². The molecule has 5 aromatic rings. The molecule has 0 unspecified atom stereocenters. The van der Waals surface area contributed by atoms with Crippen LogP contribution in [0.15, 0.2) is 59.9 Å². The van der Waals surface area contributed by atoms with Gasteiger partial charge in [-0.05, 0) is 43.2 Å². The third kappa shape index (κ3) is 3.78. The average Bonchev–Trinajstić information content (AvgIpc) is 3.57. The molecule has 1 saturated carbocycles. The zero-order valence-electron chi connectivity index (χ0n) is 18.6. The Morgan fingerprint density at radius 1 is 1.11 bits per heavy atom. The Morgan fingerprint density at radius 2 is 1.91 bits per heavy atom. The first-order chi connectivity index (χ1) is 16.9. The molecule has 6 rings (SSSR count). The van der Waals surface area contributed by atoms with Crippen molar-refractivity contribution >= 4 is 55.2 Å². The summed E-state index contributed by atoms with van der Waals surface area (Å²) in [5.74, 6) is 1.02. The van der Waals surface area contributed by atoms with Crippen LogP contribution in [-0.2, 0) is 10.0 Å². The van der Waals surface area contributed by atoms with Gasteiger partial charge in [0.1, 0.15) is 28.5 Å². The van der Waals surface area contributed by atoms with Crippen molar-refractivity contribution in [2.75, 3.05) is 10.5 Å². The normalized spacial score (nSPS) is 14.8. The molecule has 0 spiro atoms. The number of H-pyrrole nitrogens is 1. The predicted molar refractivity (Wildman–Crippen MR) is 137 cm³/mol. The van der Waals surface area contributed by atoms with Crippen LogP contribution in [0, 0.1) is 0 Å². The van der Waals surface area contributed by atoms with Crippen LogP contribution < -0.4 is 10.5 Å². The lowest BCUT2D eigenvalue weighted by Crippen LogP contribution is -2.13. The maximum Gasteiger partial charge on any atom is 0.263 e. The van der Waals surface area contributed by atoms with Crippen LogP contribution in [0.25, 0.3) is 33.5 Å². The maximum atomic E-state index is 12.8. The molecule has 1 aliphatic rings. The van der Waals surface area contributed by atoms with E-state index in [1.54, 1.807) is 30.3 Å². The summed E-state index contributed by atoms with van der Waals surface area (Å²) in [6.45, 7) is 0. The Kier molecular flexibility index (Phi) is 5.15. The lowest BCUT2D eigenvalue weighted by atomic mass is 10.2. The number of fused-ring (bicyclic) bond motifs is 2. The number of hydrogen-bond donors (Lipinski definition) is 3. The highest BCUT2D eigenvalue weighted by molar-refractivity contribution is 7.92. The molecule has 0 bridgehead atoms. The Hall–Kier alpha value is -3.63. The standard InChI is InChI=1S/C24H22ClN7O2S/c25-17-7-3-4-8-20(17)35(33,34)31-14-9-10-18-19(11-14)30-23(29-18)16-12-32(15-5-1-2-6-15)24-21(16)22(26)27-13-28-24/h3-4,7-13,15,31H,1-2,5-6H2,(H,29,30)(H2,26,27,28). The van der Waals surface area contributed by atoms with E-state index in [0.717, 1.165) is 29.4 Å². The number of hydrogen-bond acceptors (Lipinski definition) is 6. The largest absolute Gasteiger partial charge is 0.383 e. The number of aromatic nitrogens is 5. The van der Waals surface area contributed by atoms with Gasteiger partial charge in [-0.2, -0.15) is 0 Å². The minimum atomic E-state index is -3.85. The number of halogens is 1. The van der Waals surface area contributed by atoms with Gasteiger partial charge in [0.05, 0.1) is 27.1 Å². The number of nitrogen functional groups attached to an aromatic ring is 1. The highest BCUT2D eigenvalue weighted by Gasteiger charge is 2.24. The second-order valence-corrected chi connectivity index (χ2v) is 10.8. The molecule has 1 aliphatic carbocycles. The molecular weight excluding hydrogens is 486 g/mol. The predicted octanol–water partition coefficient (Wildman–Crippen LogP) is 5.13. The number of nitrogens with one attached hydrogen (secondary N) is 2. The number of sulfonamides is 1. The van der Waals surface area contributed by atoms with E-state index in [9.17, 15) is 8.42 Å². The SMILES string of the molecule is Nc1ncnc2c1c(-c1nc3ccc(NS(=O)(=O)c4ccccc4Cl)cc3[nH]1)cn2C1CCCC1. The molecule has 0 aliphatic heterocycles. The summed E-state index contributed by atoms with van der Waals surface area (Å²) >= 11 is 6.09. The summed E-state index contributed by atoms with van der Waals surface area (Å²) in [4.78, 5) is 16.8. The van der Waals surface area contributed by atoms with Crippen molar-refractivity contribution in [3.63, 3.8) is 0 Å². The lowest BCUT2D eigenvalue weighted by Gasteiger charge is -2.12. The summed E-state index contributed by atoms with van der Waals surface area (Å²) in [5.41, 5.74) is 9.65. The van der Waals surface area contributed by atoms with Crippen molar-refractivity contribution < 1.29 is 8.42 Å². The molecule has 35 heavy (non-hydrogen) atoms. The van der Waals surface area contributed by atoms with Gasteiger partial charge >= 0.3 is 0 Å². The fraction of sp³-hybridized carbons (Fsp3) is 0.208. The van der Waals surface area contributed by atoms with Crippen LogP contribution in [0.1, 0.15) is 31.7 Å². The van der Waals surface area contributed by atoms with Gasteiger partial charge in [-0.25, -0.2) is 23.4 Å². The molecule has 178 valence electrons. The van der Waals surface area contributed by atoms with Crippen LogP contribution >= 0.6 is 11.6 Å². The third-order valence-corrected chi connectivity index (χ3v) is 8.35. The summed E-state index contributed by atoms with van der Waals surface area (Å²) < 4.78 is 30.5. The zero-order chi connectivity index (χ0) is 24.2. The number of nitrogens with two attached hydrogens (primary N) is 1. The highest BCUT2D eigenvalue weighted by Crippen LogP contribution is 2.38. The molecule has 3 heterocycles. The topological polar surface area (TPSA) is 132 Å². The van der Waals surface area contributed by atoms with Crippen LogP contribution in [-0.4, -0.2) is 32.9 Å². The second kappa shape index (κ2) is 8.24. The molecule has 3 aromatic heterocycles. The van der Waals surface area contributed by atoms with Crippen molar-refractivity contribution in [1.82, 2.24) is 24.5 Å². The molecule has 4 N–H and O–H groups in total. The number of aromatic amines is 1. The van der Waals surface area contributed by atoms with Crippen molar-refractivity contribution in [2.45, 2.75) is 36.6 Å². The van der Waals surface area contributed by atoms with Crippen LogP contribution in [0.5, 0.6) is 0 Å². The summed E-state index contributed by atoms with van der Waals surface area (Å²) in [6, 6.07) is 11.8. The van der Waals surface area contributed by atoms with E-state index in [0.29, 0.717) is 34.4 Å². The molecule has 0 atom stereocenters. The smallest absolute Gasteiger partial charge is 0.263 e. The molecule has 11 heteroatoms. The van der Waals surface area contributed by atoms with E-state index in [1.807, 2.05) is 6.20 Å². The minimum absolute atomic E-state index is 0.0160. The lowest BCUT2D eigenvalue weighted by molar-refractivity contribution is 0.532. The van der Waals surface area contributed by atoms with Crippen molar-refractivity contribution in [3.05, 3.63) is 60.0 Å². The molecule has 2 aromatic carbocycles. The minimum Gasteiger partial charge on any atom is -0.383 e. The fourth-order valence-electron chi connectivity index (χ4n) is 4.82. The highest BCUT2D eigenvalue weighted by atomic mass is 35.5. The van der Waals surface area contributed by atoms with E-state index in [1.165, 1.54) is 31.3 Å². The van der Waals surface area contributed by atoms with Gasteiger partial charge in [0, 0.05) is 17.8 Å². The summed E-state index contributed by atoms with van der Waals surface area (Å²) in [6.07, 6.45) is 8.12. The molecule has 0 saturated heterocycles. The van der Waals surface area contributed by atoms with Gasteiger partial charge in [0.25, 0.3) is 10.0 Å². The summed E-state index contributed by atoms with van der Waals surface area (Å²) in [5, 5.41) is 0.918. The summed E-state index contributed by atoms with van der Waals surface area (Å²) in [7, 11) is -3.85. The zero-order valence-corrected chi connectivity index (χ0v) is 20.1. The number of nitrogens with zero attached hydrogens (tertiary/aromatic N) is 4. The van der Waals surface area contributed by atoms with Crippen molar-refractivity contribution in [3.8, 4) is 11.4 Å². The molecule has 9 nitrogen and oxygen atoms in total. The average molecular weight is 508 g/mol. The van der Waals surface area contributed by atoms with Crippen LogP contribution in [0.4, 0.5) is 11.5 Å². The van der Waals surface area contributed by atoms with E-state index < -0.39 is 10.0 Å². The second-order valence-electron chi connectivity index (χ2n) is 8.70. The van der Waals surface area contributed by atoms with E-state index in [4.69, 9.17) is 22.3 Å². The number of imidazole rings is 1. The number of benzene rings is 2. The molecule has 1 fully saturated rings. The van der Waals surface area contributed by atoms with Crippen LogP contribution in [0.3, 0.4) is 0 Å². The fourth-order valence-corrected chi connectivity index (χ4v) is 6.39. The Balaban J connectivity index is 1.41. The van der Waals surface area contributed by atoms with E-state index in [-0.39, 0.29) is 9.92 Å². The Bertz CT molecular complexity index is 1690. The van der Waals surface area contributed by atoms with Gasteiger partial charge in [0.15, 0.2) is 0 Å².